The van der Waals surface area contributed by atoms with E-state index >= 15 is 0 Å². The second-order valence-electron chi connectivity index (χ2n) is 4.02. The van der Waals surface area contributed by atoms with Crippen LogP contribution in [0.15, 0.2) is 0 Å². The number of hydrogen-bond donors (Lipinski definition) is 1. The van der Waals surface area contributed by atoms with Crippen LogP contribution in [0.4, 0.5) is 0 Å². The van der Waals surface area contributed by atoms with Gasteiger partial charge in [0.25, 0.3) is 0 Å². The van der Waals surface area contributed by atoms with E-state index < -0.39 is 0 Å². The number of ether oxygens (including phenoxy) is 2. The average Bonchev–Trinajstić information content (AvgIpc) is 2.80. The van der Waals surface area contributed by atoms with Crippen LogP contribution in [-0.4, -0.2) is 61.2 Å². The van der Waals surface area contributed by atoms with Crippen molar-refractivity contribution in [1.82, 2.24) is 4.90 Å². The number of rotatable bonds is 3. The summed E-state index contributed by atoms with van der Waals surface area (Å²) < 4.78 is 10.6. The first kappa shape index (κ1) is 10.4. The quantitative estimate of drug-likeness (QED) is 0.690. The van der Waals surface area contributed by atoms with Gasteiger partial charge in [-0.15, -0.1) is 0 Å². The van der Waals surface area contributed by atoms with Gasteiger partial charge in [0.2, 0.25) is 0 Å². The highest BCUT2D eigenvalue weighted by atomic mass is 16.5. The van der Waals surface area contributed by atoms with Crippen LogP contribution in [-0.2, 0) is 9.47 Å². The minimum Gasteiger partial charge on any atom is -0.389 e. The first-order valence-electron chi connectivity index (χ1n) is 5.42. The van der Waals surface area contributed by atoms with Crippen molar-refractivity contribution < 1.29 is 14.6 Å². The maximum absolute atomic E-state index is 9.74. The van der Waals surface area contributed by atoms with Gasteiger partial charge < -0.3 is 14.6 Å². The molecule has 0 bridgehead atoms. The van der Waals surface area contributed by atoms with Gasteiger partial charge in [-0.3, -0.25) is 4.90 Å². The van der Waals surface area contributed by atoms with Gasteiger partial charge in [-0.05, 0) is 13.0 Å². The molecule has 2 heterocycles. The predicted octanol–water partition coefficient (Wildman–Crippen LogP) is -0.143. The van der Waals surface area contributed by atoms with E-state index in [1.54, 1.807) is 0 Å². The molecular formula is C10H19NO3. The minimum absolute atomic E-state index is 0.173. The van der Waals surface area contributed by atoms with Gasteiger partial charge in [0.15, 0.2) is 0 Å². The molecule has 4 nitrogen and oxygen atoms in total. The monoisotopic (exact) mass is 201 g/mol. The van der Waals surface area contributed by atoms with Crippen LogP contribution in [0.5, 0.6) is 0 Å². The molecule has 2 rings (SSSR count). The molecule has 0 aromatic heterocycles. The molecule has 0 saturated carbocycles. The van der Waals surface area contributed by atoms with Crippen LogP contribution < -0.4 is 0 Å². The van der Waals surface area contributed by atoms with Crippen molar-refractivity contribution in [3.8, 4) is 0 Å². The highest BCUT2D eigenvalue weighted by Crippen LogP contribution is 2.20. The van der Waals surface area contributed by atoms with Gasteiger partial charge in [-0.2, -0.15) is 0 Å². The van der Waals surface area contributed by atoms with Gasteiger partial charge in [0.1, 0.15) is 0 Å². The smallest absolute Gasteiger partial charge is 0.0950 e. The maximum Gasteiger partial charge on any atom is 0.0950 e. The summed E-state index contributed by atoms with van der Waals surface area (Å²) in [7, 11) is 0. The first-order chi connectivity index (χ1) is 6.83. The van der Waals surface area contributed by atoms with E-state index in [1.807, 2.05) is 0 Å². The Labute approximate surface area is 84.8 Å². The zero-order valence-electron chi connectivity index (χ0n) is 8.69. The van der Waals surface area contributed by atoms with Crippen molar-refractivity contribution in [3.05, 3.63) is 0 Å². The lowest BCUT2D eigenvalue weighted by atomic mass is 10.1. The molecule has 2 fully saturated rings. The minimum atomic E-state index is -0.324. The van der Waals surface area contributed by atoms with Crippen LogP contribution in [0, 0.1) is 0 Å². The van der Waals surface area contributed by atoms with Crippen LogP contribution in [0.25, 0.3) is 0 Å². The van der Waals surface area contributed by atoms with E-state index in [1.165, 1.54) is 0 Å². The van der Waals surface area contributed by atoms with E-state index in [4.69, 9.17) is 9.47 Å². The highest BCUT2D eigenvalue weighted by molar-refractivity contribution is 4.88. The second kappa shape index (κ2) is 4.57. The third kappa shape index (κ3) is 1.93. The summed E-state index contributed by atoms with van der Waals surface area (Å²) in [4.78, 5) is 2.32. The average molecular weight is 201 g/mol. The Morgan fingerprint density at radius 3 is 2.64 bits per heavy atom. The standard InChI is InChI=1S/C10H19NO3/c1-2-11(8-3-4-13-5-8)9-6-14-7-10(9)12/h8-10,12H,2-7H2,1H3. The topological polar surface area (TPSA) is 41.9 Å². The van der Waals surface area contributed by atoms with E-state index in [0.29, 0.717) is 19.3 Å². The number of aliphatic hydroxyl groups excluding tert-OH is 1. The lowest BCUT2D eigenvalue weighted by Crippen LogP contribution is -2.48. The van der Waals surface area contributed by atoms with E-state index in [9.17, 15) is 5.11 Å². The molecule has 3 atom stereocenters. The zero-order valence-corrected chi connectivity index (χ0v) is 8.69. The molecule has 0 aromatic rings. The van der Waals surface area contributed by atoms with Gasteiger partial charge >= 0.3 is 0 Å². The summed E-state index contributed by atoms with van der Waals surface area (Å²) in [5, 5.41) is 9.74. The van der Waals surface area contributed by atoms with Crippen molar-refractivity contribution in [3.63, 3.8) is 0 Å². The summed E-state index contributed by atoms with van der Waals surface area (Å²) in [5.41, 5.74) is 0. The van der Waals surface area contributed by atoms with Crippen LogP contribution in [0.2, 0.25) is 0 Å². The van der Waals surface area contributed by atoms with Crippen molar-refractivity contribution in [1.29, 1.82) is 0 Å². The molecule has 82 valence electrons. The molecule has 14 heavy (non-hydrogen) atoms. The van der Waals surface area contributed by atoms with Crippen LogP contribution in [0.1, 0.15) is 13.3 Å². The fraction of sp³-hybridized carbons (Fsp3) is 1.00. The third-order valence-corrected chi connectivity index (χ3v) is 3.19. The fourth-order valence-electron chi connectivity index (χ4n) is 2.40. The molecule has 0 spiro atoms. The van der Waals surface area contributed by atoms with Crippen molar-refractivity contribution in [2.24, 2.45) is 0 Å². The Balaban J connectivity index is 1.96. The SMILES string of the molecule is CCN(C1CCOC1)C1COCC1O. The molecular weight excluding hydrogens is 182 g/mol. The summed E-state index contributed by atoms with van der Waals surface area (Å²) in [6, 6.07) is 0.646. The molecule has 1 N–H and O–H groups in total. The molecule has 0 radical (unpaired) electrons. The number of likely N-dealkylation sites (N-methyl/N-ethyl adjacent to an activating group) is 1. The van der Waals surface area contributed by atoms with Gasteiger partial charge in [0.05, 0.1) is 32.0 Å². The third-order valence-electron chi connectivity index (χ3n) is 3.19. The fourth-order valence-corrected chi connectivity index (χ4v) is 2.40. The molecule has 0 amide bonds. The lowest BCUT2D eigenvalue weighted by Gasteiger charge is -2.33. The van der Waals surface area contributed by atoms with Crippen molar-refractivity contribution >= 4 is 0 Å². The first-order valence-corrected chi connectivity index (χ1v) is 5.42. The van der Waals surface area contributed by atoms with E-state index in [-0.39, 0.29) is 12.1 Å². The summed E-state index contributed by atoms with van der Waals surface area (Å²) in [6.07, 6.45) is 0.757. The molecule has 3 unspecified atom stereocenters. The molecule has 2 aliphatic rings. The normalized spacial score (nSPS) is 38.4. The molecule has 2 saturated heterocycles. The Morgan fingerprint density at radius 1 is 1.29 bits per heavy atom. The van der Waals surface area contributed by atoms with Gasteiger partial charge in [0, 0.05) is 12.6 Å². The predicted molar refractivity (Wildman–Crippen MR) is 52.2 cm³/mol. The van der Waals surface area contributed by atoms with Gasteiger partial charge in [-0.1, -0.05) is 6.92 Å². The van der Waals surface area contributed by atoms with Crippen molar-refractivity contribution in [2.45, 2.75) is 31.5 Å². The molecule has 4 heteroatoms. The van der Waals surface area contributed by atoms with Crippen LogP contribution >= 0.6 is 0 Å². The lowest BCUT2D eigenvalue weighted by molar-refractivity contribution is 0.0515. The molecule has 0 aliphatic carbocycles. The van der Waals surface area contributed by atoms with Crippen LogP contribution in [0.3, 0.4) is 0 Å². The number of aliphatic hydroxyl groups is 1. The highest BCUT2D eigenvalue weighted by Gasteiger charge is 2.35. The number of nitrogens with zero attached hydrogens (tertiary/aromatic N) is 1. The van der Waals surface area contributed by atoms with Crippen molar-refractivity contribution in [2.75, 3.05) is 33.0 Å². The summed E-state index contributed by atoms with van der Waals surface area (Å²) in [6.45, 7) is 5.88. The maximum atomic E-state index is 9.74. The Hall–Kier alpha value is -0.160. The zero-order chi connectivity index (χ0) is 9.97. The Bertz CT molecular complexity index is 182. The number of hydrogen-bond acceptors (Lipinski definition) is 4. The molecule has 0 aromatic carbocycles. The summed E-state index contributed by atoms with van der Waals surface area (Å²) in [5.74, 6) is 0. The van der Waals surface area contributed by atoms with E-state index in [2.05, 4.69) is 11.8 Å². The van der Waals surface area contributed by atoms with Gasteiger partial charge in [-0.25, -0.2) is 0 Å². The molecule has 2 aliphatic heterocycles. The largest absolute Gasteiger partial charge is 0.389 e. The van der Waals surface area contributed by atoms with E-state index in [0.717, 1.165) is 26.2 Å². The second-order valence-corrected chi connectivity index (χ2v) is 4.02. The summed E-state index contributed by atoms with van der Waals surface area (Å²) >= 11 is 0. The Morgan fingerprint density at radius 2 is 2.14 bits per heavy atom. The Kier molecular flexibility index (Phi) is 3.38.